The highest BCUT2D eigenvalue weighted by molar-refractivity contribution is 5.68. The van der Waals surface area contributed by atoms with Crippen LogP contribution in [0.3, 0.4) is 0 Å². The van der Waals surface area contributed by atoms with Gasteiger partial charge in [0.1, 0.15) is 5.75 Å². The molecule has 0 saturated carbocycles. The number of ether oxygens (including phenoxy) is 1. The molecule has 0 fully saturated rings. The van der Waals surface area contributed by atoms with Gasteiger partial charge in [0.05, 0.1) is 7.11 Å². The van der Waals surface area contributed by atoms with E-state index in [-0.39, 0.29) is 6.42 Å². The van der Waals surface area contributed by atoms with Crippen molar-refractivity contribution < 1.29 is 14.6 Å². The van der Waals surface area contributed by atoms with E-state index in [1.807, 2.05) is 18.2 Å². The number of methoxy groups -OCH3 is 1. The molecule has 5 nitrogen and oxygen atoms in total. The van der Waals surface area contributed by atoms with Crippen LogP contribution >= 0.6 is 0 Å². The van der Waals surface area contributed by atoms with Crippen molar-refractivity contribution in [1.82, 2.24) is 0 Å². The molecule has 0 atom stereocenters. The summed E-state index contributed by atoms with van der Waals surface area (Å²) in [6, 6.07) is 10.5. The molecular formula is C28H34N2O3. The molecule has 4 rings (SSSR count). The number of hydrogen-bond acceptors (Lipinski definition) is 4. The maximum atomic E-state index is 10.9. The van der Waals surface area contributed by atoms with Crippen LogP contribution in [0.2, 0.25) is 0 Å². The second-order valence-electron chi connectivity index (χ2n) is 9.01. The Morgan fingerprint density at radius 1 is 1.15 bits per heavy atom. The van der Waals surface area contributed by atoms with Crippen molar-refractivity contribution in [3.05, 3.63) is 76.0 Å². The minimum absolute atomic E-state index is 0.0969. The Balaban J connectivity index is 1.54. The van der Waals surface area contributed by atoms with Gasteiger partial charge in [-0.2, -0.15) is 0 Å². The lowest BCUT2D eigenvalue weighted by atomic mass is 9.92. The average Bonchev–Trinajstić information content (AvgIpc) is 2.82. The third-order valence-electron chi connectivity index (χ3n) is 6.71. The van der Waals surface area contributed by atoms with Crippen LogP contribution in [-0.2, 0) is 24.2 Å². The van der Waals surface area contributed by atoms with Crippen molar-refractivity contribution in [3.63, 3.8) is 0 Å². The van der Waals surface area contributed by atoms with Crippen molar-refractivity contribution in [2.75, 3.05) is 23.9 Å². The Bertz CT molecular complexity index is 1100. The maximum absolute atomic E-state index is 10.9. The zero-order valence-corrected chi connectivity index (χ0v) is 19.9. The Hall–Kier alpha value is -3.21. The van der Waals surface area contributed by atoms with Gasteiger partial charge >= 0.3 is 5.97 Å². The normalized spacial score (nSPS) is 15.4. The van der Waals surface area contributed by atoms with Gasteiger partial charge < -0.3 is 20.1 Å². The summed E-state index contributed by atoms with van der Waals surface area (Å²) in [5.41, 5.74) is 10.1. The first-order valence-corrected chi connectivity index (χ1v) is 11.8. The van der Waals surface area contributed by atoms with E-state index >= 15 is 0 Å². The SMILES string of the molecule is COc1cc(NCc2ccc3c(c2C)N(C2=CC(C)=CCC2)CCC3)ccc1CCC(=O)O. The van der Waals surface area contributed by atoms with E-state index in [9.17, 15) is 4.79 Å². The molecule has 5 heteroatoms. The molecule has 1 aliphatic heterocycles. The molecule has 0 bridgehead atoms. The predicted molar refractivity (Wildman–Crippen MR) is 134 cm³/mol. The fourth-order valence-electron chi connectivity index (χ4n) is 4.95. The number of benzene rings is 2. The quantitative estimate of drug-likeness (QED) is 0.520. The van der Waals surface area contributed by atoms with Crippen LogP contribution in [0.1, 0.15) is 54.9 Å². The highest BCUT2D eigenvalue weighted by atomic mass is 16.5. The first-order chi connectivity index (χ1) is 16.0. The van der Waals surface area contributed by atoms with E-state index in [2.05, 4.69) is 48.3 Å². The molecule has 1 aliphatic carbocycles. The number of nitrogens with zero attached hydrogens (tertiary/aromatic N) is 1. The number of anilines is 2. The highest BCUT2D eigenvalue weighted by Gasteiger charge is 2.23. The molecular weight excluding hydrogens is 412 g/mol. The van der Waals surface area contributed by atoms with Crippen LogP contribution in [-0.4, -0.2) is 24.7 Å². The zero-order chi connectivity index (χ0) is 23.4. The fourth-order valence-corrected chi connectivity index (χ4v) is 4.95. The number of carboxylic acids is 1. The van der Waals surface area contributed by atoms with Crippen LogP contribution < -0.4 is 15.0 Å². The number of carbonyl (C=O) groups is 1. The molecule has 0 unspecified atom stereocenters. The standard InChI is InChI=1S/C28H34N2O3/c1-19-6-4-8-25(16-19)30-15-5-7-22-9-10-23(20(2)28(22)30)18-29-24-13-11-21(12-14-27(31)32)26(17-24)33-3/h6,9-11,13,16-17,29H,4-5,7-8,12,14-15,18H2,1-3H3,(H,31,32). The van der Waals surface area contributed by atoms with Crippen molar-refractivity contribution in [2.24, 2.45) is 0 Å². The van der Waals surface area contributed by atoms with Crippen molar-refractivity contribution in [2.45, 2.75) is 58.9 Å². The molecule has 1 heterocycles. The van der Waals surface area contributed by atoms with E-state index < -0.39 is 5.97 Å². The Morgan fingerprint density at radius 2 is 1.97 bits per heavy atom. The van der Waals surface area contributed by atoms with Crippen molar-refractivity contribution in [3.8, 4) is 5.75 Å². The highest BCUT2D eigenvalue weighted by Crippen LogP contribution is 2.37. The van der Waals surface area contributed by atoms with Gasteiger partial charge in [0.25, 0.3) is 0 Å². The molecule has 2 N–H and O–H groups in total. The van der Waals surface area contributed by atoms with E-state index in [1.54, 1.807) is 7.11 Å². The minimum Gasteiger partial charge on any atom is -0.496 e. The molecule has 2 aromatic carbocycles. The van der Waals surface area contributed by atoms with Crippen LogP contribution in [0.5, 0.6) is 5.75 Å². The maximum Gasteiger partial charge on any atom is 0.303 e. The minimum atomic E-state index is -0.800. The third-order valence-corrected chi connectivity index (χ3v) is 6.71. The third kappa shape index (κ3) is 5.24. The summed E-state index contributed by atoms with van der Waals surface area (Å²) < 4.78 is 5.51. The lowest BCUT2D eigenvalue weighted by Crippen LogP contribution is -2.30. The number of allylic oxidation sites excluding steroid dienone is 4. The number of aryl methyl sites for hydroxylation is 2. The Labute approximate surface area is 196 Å². The molecule has 174 valence electrons. The molecule has 0 spiro atoms. The topological polar surface area (TPSA) is 61.8 Å². The van der Waals surface area contributed by atoms with E-state index in [0.717, 1.165) is 49.4 Å². The van der Waals surface area contributed by atoms with Gasteiger partial charge in [0.15, 0.2) is 0 Å². The first-order valence-electron chi connectivity index (χ1n) is 11.8. The molecule has 0 aromatic heterocycles. The molecule has 0 radical (unpaired) electrons. The van der Waals surface area contributed by atoms with Crippen molar-refractivity contribution >= 4 is 17.3 Å². The number of nitrogens with one attached hydrogen (secondary N) is 1. The monoisotopic (exact) mass is 446 g/mol. The number of hydrogen-bond donors (Lipinski definition) is 2. The summed E-state index contributed by atoms with van der Waals surface area (Å²) in [5.74, 6) is -0.0754. The largest absolute Gasteiger partial charge is 0.496 e. The van der Waals surface area contributed by atoms with E-state index in [4.69, 9.17) is 9.84 Å². The second kappa shape index (κ2) is 10.2. The van der Waals surface area contributed by atoms with Crippen LogP contribution in [0.4, 0.5) is 11.4 Å². The summed E-state index contributed by atoms with van der Waals surface area (Å²) in [7, 11) is 1.63. The summed E-state index contributed by atoms with van der Waals surface area (Å²) in [6.45, 7) is 6.25. The number of rotatable bonds is 8. The summed E-state index contributed by atoms with van der Waals surface area (Å²) in [4.78, 5) is 13.5. The fraction of sp³-hybridized carbons (Fsp3) is 0.393. The van der Waals surface area contributed by atoms with Crippen LogP contribution in [0.15, 0.2) is 53.8 Å². The van der Waals surface area contributed by atoms with Crippen LogP contribution in [0, 0.1) is 6.92 Å². The van der Waals surface area contributed by atoms with E-state index in [0.29, 0.717) is 6.42 Å². The molecule has 0 amide bonds. The Morgan fingerprint density at radius 3 is 2.73 bits per heavy atom. The number of aliphatic carboxylic acids is 1. The molecule has 2 aliphatic rings. The molecule has 33 heavy (non-hydrogen) atoms. The summed E-state index contributed by atoms with van der Waals surface area (Å²) in [6.07, 6.45) is 9.78. The zero-order valence-electron chi connectivity index (χ0n) is 19.9. The predicted octanol–water partition coefficient (Wildman–Crippen LogP) is 6.01. The average molecular weight is 447 g/mol. The van der Waals surface area contributed by atoms with Gasteiger partial charge in [0, 0.05) is 42.6 Å². The van der Waals surface area contributed by atoms with Crippen LogP contribution in [0.25, 0.3) is 0 Å². The molecule has 2 aromatic rings. The van der Waals surface area contributed by atoms with E-state index in [1.165, 1.54) is 40.1 Å². The van der Waals surface area contributed by atoms with Gasteiger partial charge in [-0.15, -0.1) is 0 Å². The lowest BCUT2D eigenvalue weighted by Gasteiger charge is -2.36. The van der Waals surface area contributed by atoms with Gasteiger partial charge in [-0.3, -0.25) is 4.79 Å². The van der Waals surface area contributed by atoms with Crippen molar-refractivity contribution in [1.29, 1.82) is 0 Å². The Kier molecular flexibility index (Phi) is 7.07. The number of carboxylic acid groups (broad SMARTS) is 1. The lowest BCUT2D eigenvalue weighted by molar-refractivity contribution is -0.136. The second-order valence-corrected chi connectivity index (χ2v) is 9.01. The summed E-state index contributed by atoms with van der Waals surface area (Å²) >= 11 is 0. The summed E-state index contributed by atoms with van der Waals surface area (Å²) in [5, 5.41) is 12.5. The van der Waals surface area contributed by atoms with Gasteiger partial charge in [-0.1, -0.05) is 29.8 Å². The molecule has 0 saturated heterocycles. The van der Waals surface area contributed by atoms with Gasteiger partial charge in [0.2, 0.25) is 0 Å². The smallest absolute Gasteiger partial charge is 0.303 e. The van der Waals surface area contributed by atoms with Gasteiger partial charge in [-0.25, -0.2) is 0 Å². The van der Waals surface area contributed by atoms with Gasteiger partial charge in [-0.05, 0) is 80.3 Å². The first kappa shape index (κ1) is 23.0. The number of fused-ring (bicyclic) bond motifs is 1.